The zero-order valence-electron chi connectivity index (χ0n) is 12.2. The first-order valence-electron chi connectivity index (χ1n) is 7.13. The van der Waals surface area contributed by atoms with Crippen molar-refractivity contribution in [3.63, 3.8) is 0 Å². The predicted molar refractivity (Wildman–Crippen MR) is 87.7 cm³/mol. The van der Waals surface area contributed by atoms with E-state index < -0.39 is 0 Å². The van der Waals surface area contributed by atoms with Gasteiger partial charge in [-0.1, -0.05) is 6.07 Å². The second-order valence-corrected chi connectivity index (χ2v) is 6.25. The number of hydrogen-bond acceptors (Lipinski definition) is 3. The van der Waals surface area contributed by atoms with Gasteiger partial charge in [0.25, 0.3) is 0 Å². The molecule has 0 bridgehead atoms. The number of halogens is 1. The van der Waals surface area contributed by atoms with Crippen molar-refractivity contribution >= 4 is 17.7 Å². The maximum atomic E-state index is 14.2. The molecule has 1 aliphatic heterocycles. The quantitative estimate of drug-likeness (QED) is 0.693. The van der Waals surface area contributed by atoms with Gasteiger partial charge in [-0.3, -0.25) is 0 Å². The minimum atomic E-state index is -0.293. The zero-order chi connectivity index (χ0) is 15.4. The summed E-state index contributed by atoms with van der Waals surface area (Å²) in [4.78, 5) is 10.4. The van der Waals surface area contributed by atoms with Gasteiger partial charge in [-0.25, -0.2) is 14.4 Å². The smallest absolute Gasteiger partial charge is 0.191 e. The first-order valence-corrected chi connectivity index (χ1v) is 8.29. The predicted octanol–water partition coefficient (Wildman–Crippen LogP) is 1.87. The fraction of sp³-hybridized carbons (Fsp3) is 0.333. The van der Waals surface area contributed by atoms with Crippen LogP contribution in [-0.2, 0) is 6.54 Å². The first kappa shape index (κ1) is 14.9. The lowest BCUT2D eigenvalue weighted by Crippen LogP contribution is -2.42. The van der Waals surface area contributed by atoms with Gasteiger partial charge in [-0.15, -0.1) is 0 Å². The van der Waals surface area contributed by atoms with Gasteiger partial charge in [-0.2, -0.15) is 11.8 Å². The third-order valence-electron chi connectivity index (χ3n) is 3.55. The molecule has 1 saturated heterocycles. The molecule has 5 nitrogen and oxygen atoms in total. The van der Waals surface area contributed by atoms with Gasteiger partial charge in [0, 0.05) is 37.0 Å². The van der Waals surface area contributed by atoms with Gasteiger partial charge in [-0.05, 0) is 17.7 Å². The number of nitrogens with zero attached hydrogens (tertiary/aromatic N) is 4. The van der Waals surface area contributed by atoms with Crippen LogP contribution in [0.3, 0.4) is 0 Å². The lowest BCUT2D eigenvalue weighted by atomic mass is 10.2. The molecule has 3 rings (SSSR count). The third kappa shape index (κ3) is 3.41. The molecule has 1 aromatic heterocycles. The molecular weight excluding hydrogens is 301 g/mol. The van der Waals surface area contributed by atoms with Crippen LogP contribution in [0.2, 0.25) is 0 Å². The molecule has 0 unspecified atom stereocenters. The number of thioether (sulfide) groups is 1. The molecule has 0 spiro atoms. The molecule has 116 valence electrons. The van der Waals surface area contributed by atoms with E-state index in [1.807, 2.05) is 17.8 Å². The standard InChI is InChI=1S/C15H18FN5S/c16-13-9-12(1-2-14(13)21-4-3-18-11-21)10-19-15(17)20-5-7-22-8-6-20/h1-4,9,11H,5-8,10H2,(H2,17,19). The molecule has 2 N–H and O–H groups in total. The first-order chi connectivity index (χ1) is 10.7. The summed E-state index contributed by atoms with van der Waals surface area (Å²) in [5.41, 5.74) is 7.28. The zero-order valence-corrected chi connectivity index (χ0v) is 13.0. The van der Waals surface area contributed by atoms with E-state index in [0.717, 1.165) is 30.2 Å². The van der Waals surface area contributed by atoms with Crippen LogP contribution in [0, 0.1) is 5.82 Å². The summed E-state index contributed by atoms with van der Waals surface area (Å²) >= 11 is 1.92. The maximum Gasteiger partial charge on any atom is 0.191 e. The summed E-state index contributed by atoms with van der Waals surface area (Å²) in [6.07, 6.45) is 4.90. The van der Waals surface area contributed by atoms with Crippen molar-refractivity contribution in [1.29, 1.82) is 0 Å². The van der Waals surface area contributed by atoms with Crippen LogP contribution in [-0.4, -0.2) is 45.0 Å². The number of aromatic nitrogens is 2. The van der Waals surface area contributed by atoms with E-state index in [1.165, 1.54) is 6.07 Å². The number of hydrogen-bond donors (Lipinski definition) is 1. The Bertz CT molecular complexity index is 650. The van der Waals surface area contributed by atoms with Gasteiger partial charge in [0.05, 0.1) is 18.6 Å². The molecule has 0 saturated carbocycles. The van der Waals surface area contributed by atoms with E-state index in [1.54, 1.807) is 29.4 Å². The van der Waals surface area contributed by atoms with Gasteiger partial charge < -0.3 is 15.2 Å². The Labute approximate surface area is 133 Å². The van der Waals surface area contributed by atoms with Crippen molar-refractivity contribution in [2.45, 2.75) is 6.54 Å². The van der Waals surface area contributed by atoms with Crippen LogP contribution in [0.1, 0.15) is 5.56 Å². The van der Waals surface area contributed by atoms with Crippen LogP contribution in [0.25, 0.3) is 5.69 Å². The molecule has 0 radical (unpaired) electrons. The van der Waals surface area contributed by atoms with Gasteiger partial charge >= 0.3 is 0 Å². The highest BCUT2D eigenvalue weighted by atomic mass is 32.2. The van der Waals surface area contributed by atoms with Crippen LogP contribution in [0.4, 0.5) is 4.39 Å². The Morgan fingerprint density at radius 1 is 1.36 bits per heavy atom. The Morgan fingerprint density at radius 3 is 2.86 bits per heavy atom. The molecule has 2 heterocycles. The maximum absolute atomic E-state index is 14.2. The summed E-state index contributed by atoms with van der Waals surface area (Å²) < 4.78 is 15.8. The van der Waals surface area contributed by atoms with E-state index in [2.05, 4.69) is 14.9 Å². The topological polar surface area (TPSA) is 59.4 Å². The summed E-state index contributed by atoms with van der Waals surface area (Å²) in [5, 5.41) is 0. The minimum absolute atomic E-state index is 0.293. The average Bonchev–Trinajstić information content (AvgIpc) is 3.07. The largest absolute Gasteiger partial charge is 0.370 e. The van der Waals surface area contributed by atoms with E-state index in [-0.39, 0.29) is 5.82 Å². The Balaban J connectivity index is 1.69. The Morgan fingerprint density at radius 2 is 2.18 bits per heavy atom. The van der Waals surface area contributed by atoms with E-state index >= 15 is 0 Å². The molecule has 0 amide bonds. The van der Waals surface area contributed by atoms with Crippen molar-refractivity contribution in [2.24, 2.45) is 10.7 Å². The third-order valence-corrected chi connectivity index (χ3v) is 4.50. The fourth-order valence-corrected chi connectivity index (χ4v) is 3.23. The van der Waals surface area contributed by atoms with Crippen molar-refractivity contribution in [1.82, 2.24) is 14.5 Å². The molecule has 7 heteroatoms. The number of nitrogens with two attached hydrogens (primary N) is 1. The number of aliphatic imine (C=N–C) groups is 1. The average molecular weight is 319 g/mol. The molecule has 2 aromatic rings. The summed E-state index contributed by atoms with van der Waals surface area (Å²) in [6, 6.07) is 5.09. The van der Waals surface area contributed by atoms with Crippen molar-refractivity contribution in [3.8, 4) is 5.69 Å². The number of rotatable bonds is 3. The minimum Gasteiger partial charge on any atom is -0.370 e. The molecule has 1 aliphatic rings. The molecule has 1 fully saturated rings. The number of benzene rings is 1. The molecule has 0 atom stereocenters. The Hall–Kier alpha value is -2.02. The second-order valence-electron chi connectivity index (χ2n) is 5.03. The van der Waals surface area contributed by atoms with Crippen molar-refractivity contribution in [2.75, 3.05) is 24.6 Å². The van der Waals surface area contributed by atoms with Crippen LogP contribution < -0.4 is 5.73 Å². The van der Waals surface area contributed by atoms with Gasteiger partial charge in [0.1, 0.15) is 5.82 Å². The number of guanidine groups is 1. The van der Waals surface area contributed by atoms with Crippen molar-refractivity contribution < 1.29 is 4.39 Å². The summed E-state index contributed by atoms with van der Waals surface area (Å²) in [7, 11) is 0. The normalized spacial score (nSPS) is 16.0. The van der Waals surface area contributed by atoms with E-state index in [0.29, 0.717) is 18.2 Å². The molecule has 1 aromatic carbocycles. The molecule has 22 heavy (non-hydrogen) atoms. The molecule has 0 aliphatic carbocycles. The van der Waals surface area contributed by atoms with Crippen LogP contribution in [0.5, 0.6) is 0 Å². The highest BCUT2D eigenvalue weighted by molar-refractivity contribution is 7.99. The van der Waals surface area contributed by atoms with Gasteiger partial charge in [0.15, 0.2) is 5.96 Å². The highest BCUT2D eigenvalue weighted by Crippen LogP contribution is 2.16. The lowest BCUT2D eigenvalue weighted by molar-refractivity contribution is 0.455. The van der Waals surface area contributed by atoms with E-state index in [4.69, 9.17) is 5.73 Å². The monoisotopic (exact) mass is 319 g/mol. The summed E-state index contributed by atoms with van der Waals surface area (Å²) in [5.74, 6) is 2.40. The molecular formula is C15H18FN5S. The second kappa shape index (κ2) is 6.83. The Kier molecular flexibility index (Phi) is 4.62. The SMILES string of the molecule is NC(=NCc1ccc(-n2ccnc2)c(F)c1)N1CCSCC1. The number of imidazole rings is 1. The summed E-state index contributed by atoms with van der Waals surface area (Å²) in [6.45, 7) is 2.23. The van der Waals surface area contributed by atoms with E-state index in [9.17, 15) is 4.39 Å². The van der Waals surface area contributed by atoms with Crippen molar-refractivity contribution in [3.05, 3.63) is 48.3 Å². The lowest BCUT2D eigenvalue weighted by Gasteiger charge is -2.27. The van der Waals surface area contributed by atoms with Crippen LogP contribution >= 0.6 is 11.8 Å². The van der Waals surface area contributed by atoms with Crippen LogP contribution in [0.15, 0.2) is 41.9 Å². The van der Waals surface area contributed by atoms with Gasteiger partial charge in [0.2, 0.25) is 0 Å². The highest BCUT2D eigenvalue weighted by Gasteiger charge is 2.12. The fourth-order valence-electron chi connectivity index (χ4n) is 2.32.